The number of amides is 6. The number of imide groups is 2. The minimum Gasteiger partial charge on any atom is -0.476 e. The second kappa shape index (κ2) is 22.8. The fourth-order valence-corrected chi connectivity index (χ4v) is 14.9. The van der Waals surface area contributed by atoms with Crippen LogP contribution in [0.15, 0.2) is 79.0 Å². The van der Waals surface area contributed by atoms with Gasteiger partial charge in [0.25, 0.3) is 17.7 Å². The van der Waals surface area contributed by atoms with Crippen LogP contribution in [0.25, 0.3) is 21.3 Å². The van der Waals surface area contributed by atoms with Gasteiger partial charge >= 0.3 is 5.97 Å². The molecule has 13 rings (SSSR count). The number of hydrogen-bond acceptors (Lipinski definition) is 16. The topological polar surface area (TPSA) is 266 Å². The maximum Gasteiger partial charge on any atom is 0.355 e. The number of carboxylic acids is 1. The number of carbonyl (C=O) groups is 7. The molecule has 5 fully saturated rings. The zero-order valence-electron chi connectivity index (χ0n) is 45.5. The molecule has 6 heterocycles. The standard InChI is InChI=1S/C60H64N10O11S/c1-35-42(39-12-14-48(65-51(39)56(76)77)68-19-16-38-6-4-7-40(43(38)32-68)52(72)67-58-64-44-9-2-3-11-47(44)82-58)31-63-69(35)34-59-27-36-26-37(28-59)30-60(29-36,33-59)57(78)62-18-21-80-23-25-81-24-22-79-20-17-61-45-10-5-8-41-50(45)55(75)70(54(41)74)46-13-15-49(71)66-53(46)73/h2-12,14,31,36-37,46,61H,13,15-30,32-34H2,1H3,(H,62,78)(H,76,77)(H,64,67,72)(H,66,71,73). The van der Waals surface area contributed by atoms with Crippen LogP contribution >= 0.6 is 11.3 Å². The van der Waals surface area contributed by atoms with E-state index in [-0.39, 0.29) is 46.9 Å². The molecule has 0 spiro atoms. The molecule has 3 atom stereocenters. The largest absolute Gasteiger partial charge is 0.476 e. The molecule has 4 aliphatic carbocycles. The third-order valence-corrected chi connectivity index (χ3v) is 18.2. The molecule has 3 aliphatic heterocycles. The van der Waals surface area contributed by atoms with Crippen molar-refractivity contribution in [3.05, 3.63) is 118 Å². The van der Waals surface area contributed by atoms with Gasteiger partial charge in [0.05, 0.1) is 72.6 Å². The minimum atomic E-state index is -1.14. The molecule has 7 aliphatic rings. The summed E-state index contributed by atoms with van der Waals surface area (Å²) < 4.78 is 20.2. The first-order chi connectivity index (χ1) is 39.7. The number of aromatic nitrogens is 4. The van der Waals surface area contributed by atoms with E-state index in [1.807, 2.05) is 71.1 Å². The van der Waals surface area contributed by atoms with Gasteiger partial charge in [0.2, 0.25) is 17.7 Å². The van der Waals surface area contributed by atoms with Crippen molar-refractivity contribution in [3.8, 4) is 11.1 Å². The lowest BCUT2D eigenvalue weighted by Gasteiger charge is -2.61. The zero-order chi connectivity index (χ0) is 56.7. The molecule has 6 aromatic rings. The normalized spacial score (nSPS) is 22.6. The molecule has 21 nitrogen and oxygen atoms in total. The Morgan fingerprint density at radius 2 is 1.56 bits per heavy atom. The van der Waals surface area contributed by atoms with E-state index in [2.05, 4.69) is 26.3 Å². The maximum atomic E-state index is 14.2. The van der Waals surface area contributed by atoms with Crippen LogP contribution in [0.5, 0.6) is 0 Å². The molecule has 22 heteroatoms. The van der Waals surface area contributed by atoms with Gasteiger partial charge < -0.3 is 34.9 Å². The number of fused-ring (bicyclic) bond motifs is 3. The predicted octanol–water partition coefficient (Wildman–Crippen LogP) is 6.64. The van der Waals surface area contributed by atoms with E-state index in [0.717, 1.165) is 70.5 Å². The zero-order valence-corrected chi connectivity index (χ0v) is 46.3. The summed E-state index contributed by atoms with van der Waals surface area (Å²) in [7, 11) is 0. The fraction of sp³-hybridized carbons (Fsp3) is 0.433. The molecule has 3 unspecified atom stereocenters. The lowest BCUT2D eigenvalue weighted by atomic mass is 9.44. The summed E-state index contributed by atoms with van der Waals surface area (Å²) in [5.41, 5.74) is 5.52. The van der Waals surface area contributed by atoms with Crippen molar-refractivity contribution in [1.29, 1.82) is 0 Å². The van der Waals surface area contributed by atoms with Gasteiger partial charge in [-0.05, 0) is 129 Å². The van der Waals surface area contributed by atoms with Crippen molar-refractivity contribution in [1.82, 2.24) is 35.3 Å². The highest BCUT2D eigenvalue weighted by Gasteiger charge is 2.60. The molecule has 0 radical (unpaired) electrons. The van der Waals surface area contributed by atoms with Crippen LogP contribution in [0.2, 0.25) is 0 Å². The fourth-order valence-electron chi connectivity index (χ4n) is 14.1. The van der Waals surface area contributed by atoms with E-state index in [0.29, 0.717) is 124 Å². The lowest BCUT2D eigenvalue weighted by molar-refractivity contribution is -0.159. The molecule has 4 saturated carbocycles. The average molecular weight is 1130 g/mol. The molecular formula is C60H64N10O11S. The number of nitrogens with one attached hydrogen (secondary N) is 4. The summed E-state index contributed by atoms with van der Waals surface area (Å²) in [6.07, 6.45) is 8.21. The van der Waals surface area contributed by atoms with Crippen molar-refractivity contribution in [3.63, 3.8) is 0 Å². The molecule has 5 N–H and O–H groups in total. The van der Waals surface area contributed by atoms with Crippen molar-refractivity contribution in [2.24, 2.45) is 22.7 Å². The average Bonchev–Trinajstić information content (AvgIpc) is 1.97. The first-order valence-electron chi connectivity index (χ1n) is 28.2. The van der Waals surface area contributed by atoms with Crippen molar-refractivity contribution >= 4 is 79.6 Å². The Kier molecular flexibility index (Phi) is 15.2. The number of rotatable bonds is 22. The quantitative estimate of drug-likeness (QED) is 0.0352. The number of ether oxygens (including phenoxy) is 3. The summed E-state index contributed by atoms with van der Waals surface area (Å²) in [6.45, 7) is 6.33. The van der Waals surface area contributed by atoms with Crippen molar-refractivity contribution < 1.29 is 52.9 Å². The van der Waals surface area contributed by atoms with E-state index in [9.17, 15) is 38.7 Å². The SMILES string of the molecule is Cc1c(-c2ccc(N3CCc4cccc(C(=O)Nc5nc6ccccc6s5)c4C3)nc2C(=O)O)cnn1CC12CC3CC(C1)CC(C(=O)NCCOCCOCCOCCNc1cccc4c1C(=O)N(C1CCC(=O)NC1=O)C4=O)(C3)C2. The van der Waals surface area contributed by atoms with Gasteiger partial charge in [0, 0.05) is 67.2 Å². The molecule has 82 heavy (non-hydrogen) atoms. The Bertz CT molecular complexity index is 3500. The Morgan fingerprint density at radius 3 is 2.33 bits per heavy atom. The van der Waals surface area contributed by atoms with E-state index in [1.165, 1.54) is 11.3 Å². The third-order valence-electron chi connectivity index (χ3n) is 17.3. The van der Waals surface area contributed by atoms with Crippen LogP contribution in [0, 0.1) is 29.6 Å². The van der Waals surface area contributed by atoms with Crippen molar-refractivity contribution in [2.75, 3.05) is 74.8 Å². The van der Waals surface area contributed by atoms with E-state index < -0.39 is 41.1 Å². The van der Waals surface area contributed by atoms with Gasteiger partial charge in [-0.15, -0.1) is 0 Å². The minimum absolute atomic E-state index is 0.0468. The highest BCUT2D eigenvalue weighted by Crippen LogP contribution is 2.66. The number of nitrogens with zero attached hydrogens (tertiary/aromatic N) is 6. The van der Waals surface area contributed by atoms with E-state index in [1.54, 1.807) is 24.4 Å². The summed E-state index contributed by atoms with van der Waals surface area (Å²) in [5.74, 6) is -2.14. The number of thiazole rings is 1. The third kappa shape index (κ3) is 10.7. The maximum absolute atomic E-state index is 14.2. The van der Waals surface area contributed by atoms with Crippen LogP contribution in [-0.2, 0) is 48.1 Å². The van der Waals surface area contributed by atoms with Crippen LogP contribution in [0.4, 0.5) is 16.6 Å². The number of carboxylic acid groups (broad SMARTS) is 1. The molecule has 3 aromatic carbocycles. The number of carbonyl (C=O) groups excluding carboxylic acids is 6. The second-order valence-corrected chi connectivity index (χ2v) is 23.7. The second-order valence-electron chi connectivity index (χ2n) is 22.7. The van der Waals surface area contributed by atoms with E-state index in [4.69, 9.17) is 24.3 Å². The molecule has 3 aromatic heterocycles. The number of piperidine rings is 1. The van der Waals surface area contributed by atoms with Gasteiger partial charge in [-0.25, -0.2) is 14.8 Å². The number of aromatic carboxylic acids is 1. The summed E-state index contributed by atoms with van der Waals surface area (Å²) in [5, 5.41) is 27.6. The first kappa shape index (κ1) is 54.7. The molecule has 6 amide bonds. The van der Waals surface area contributed by atoms with Gasteiger partial charge in [-0.3, -0.25) is 49.0 Å². The molecular weight excluding hydrogens is 1070 g/mol. The highest BCUT2D eigenvalue weighted by molar-refractivity contribution is 7.22. The monoisotopic (exact) mass is 1130 g/mol. The Labute approximate surface area is 476 Å². The number of para-hydroxylation sites is 1. The van der Waals surface area contributed by atoms with Crippen LogP contribution in [0.3, 0.4) is 0 Å². The highest BCUT2D eigenvalue weighted by atomic mass is 32.1. The van der Waals surface area contributed by atoms with Gasteiger partial charge in [-0.1, -0.05) is 41.7 Å². The van der Waals surface area contributed by atoms with Crippen LogP contribution < -0.4 is 26.2 Å². The van der Waals surface area contributed by atoms with Gasteiger partial charge in [0.1, 0.15) is 11.9 Å². The number of hydrogen-bond donors (Lipinski definition) is 5. The lowest BCUT2D eigenvalue weighted by Crippen LogP contribution is -2.58. The summed E-state index contributed by atoms with van der Waals surface area (Å²) in [6, 6.07) is 21.0. The van der Waals surface area contributed by atoms with Gasteiger partial charge in [-0.2, -0.15) is 5.10 Å². The number of pyridine rings is 1. The number of benzene rings is 3. The van der Waals surface area contributed by atoms with Crippen LogP contribution in [0.1, 0.15) is 110 Å². The Morgan fingerprint density at radius 1 is 0.805 bits per heavy atom. The smallest absolute Gasteiger partial charge is 0.355 e. The van der Waals surface area contributed by atoms with Gasteiger partial charge in [0.15, 0.2) is 10.8 Å². The predicted molar refractivity (Wildman–Crippen MR) is 303 cm³/mol. The summed E-state index contributed by atoms with van der Waals surface area (Å²) >= 11 is 1.42. The van der Waals surface area contributed by atoms with Crippen molar-refractivity contribution in [2.45, 2.75) is 83.8 Å². The van der Waals surface area contributed by atoms with E-state index >= 15 is 0 Å². The Balaban J connectivity index is 0.591. The number of anilines is 3. The molecule has 1 saturated heterocycles. The first-order valence-corrected chi connectivity index (χ1v) is 29.0. The Hall–Kier alpha value is -7.92. The molecule has 4 bridgehead atoms. The van der Waals surface area contributed by atoms with Crippen LogP contribution in [-0.4, -0.2) is 136 Å². The molecule has 426 valence electrons. The summed E-state index contributed by atoms with van der Waals surface area (Å²) in [4.78, 5) is 104.